The number of nitrogens with zero attached hydrogens (tertiary/aromatic N) is 1. The Hall–Kier alpha value is -2.98. The summed E-state index contributed by atoms with van der Waals surface area (Å²) in [7, 11) is 2.08. The van der Waals surface area contributed by atoms with Crippen LogP contribution in [0.15, 0.2) is 59.5 Å². The van der Waals surface area contributed by atoms with E-state index in [1.807, 2.05) is 6.07 Å². The van der Waals surface area contributed by atoms with Gasteiger partial charge in [-0.05, 0) is 52.4 Å². The molecule has 0 N–H and O–H groups in total. The molecule has 138 valence electrons. The highest BCUT2D eigenvalue weighted by atomic mass is 32.1. The minimum Gasteiger partial charge on any atom is -0.344 e. The molecule has 0 spiro atoms. The van der Waals surface area contributed by atoms with Gasteiger partial charge in [-0.1, -0.05) is 38.1 Å². The van der Waals surface area contributed by atoms with Crippen molar-refractivity contribution in [2.24, 2.45) is 0 Å². The van der Waals surface area contributed by atoms with Crippen molar-refractivity contribution in [3.8, 4) is 0 Å². The van der Waals surface area contributed by atoms with Crippen molar-refractivity contribution >= 4 is 40.4 Å². The lowest BCUT2D eigenvalue weighted by Crippen LogP contribution is -2.30. The zero-order valence-electron chi connectivity index (χ0n) is 15.9. The predicted molar refractivity (Wildman–Crippen MR) is 114 cm³/mol. The maximum atomic E-state index is 12.6. The van der Waals surface area contributed by atoms with Crippen molar-refractivity contribution in [3.05, 3.63) is 86.6 Å². The van der Waals surface area contributed by atoms with Gasteiger partial charge in [0, 0.05) is 29.4 Å². The smallest absolute Gasteiger partial charge is 0.207 e. The molecule has 1 aromatic heterocycles. The van der Waals surface area contributed by atoms with Crippen LogP contribution >= 0.6 is 11.3 Å². The summed E-state index contributed by atoms with van der Waals surface area (Å²) in [4.78, 5) is 28.0. The molecule has 28 heavy (non-hydrogen) atoms. The Kier molecular flexibility index (Phi) is 3.52. The number of fused-ring (bicyclic) bond motifs is 3. The third-order valence-electron chi connectivity index (χ3n) is 5.91. The van der Waals surface area contributed by atoms with Crippen LogP contribution < -0.4 is 4.90 Å². The van der Waals surface area contributed by atoms with Crippen LogP contribution in [0, 0.1) is 0 Å². The molecule has 3 nitrogen and oxygen atoms in total. The highest BCUT2D eigenvalue weighted by molar-refractivity contribution is 7.13. The first-order valence-electron chi connectivity index (χ1n) is 9.26. The van der Waals surface area contributed by atoms with Crippen molar-refractivity contribution in [2.45, 2.75) is 19.3 Å². The van der Waals surface area contributed by atoms with Gasteiger partial charge < -0.3 is 4.90 Å². The highest BCUT2D eigenvalue weighted by Gasteiger charge is 2.36. The van der Waals surface area contributed by atoms with Crippen molar-refractivity contribution in [2.75, 3.05) is 11.9 Å². The second-order valence-electron chi connectivity index (χ2n) is 7.86. The number of para-hydroxylation sites is 1. The lowest BCUT2D eigenvalue weighted by atomic mass is 9.73. The molecule has 3 aromatic rings. The summed E-state index contributed by atoms with van der Waals surface area (Å²) in [5, 5.41) is 1.80. The molecular formula is C24H19NO2S. The summed E-state index contributed by atoms with van der Waals surface area (Å²) < 4.78 is 0. The number of hydrogen-bond acceptors (Lipinski definition) is 4. The Morgan fingerprint density at radius 2 is 1.68 bits per heavy atom. The third-order valence-corrected chi connectivity index (χ3v) is 6.82. The zero-order valence-corrected chi connectivity index (χ0v) is 16.8. The van der Waals surface area contributed by atoms with E-state index >= 15 is 0 Å². The van der Waals surface area contributed by atoms with Gasteiger partial charge in [0.25, 0.3) is 0 Å². The summed E-state index contributed by atoms with van der Waals surface area (Å²) in [6.45, 7) is 4.44. The second-order valence-corrected chi connectivity index (χ2v) is 8.77. The average Bonchev–Trinajstić information content (AvgIpc) is 3.26. The lowest BCUT2D eigenvalue weighted by molar-refractivity contribution is 0.0991. The van der Waals surface area contributed by atoms with E-state index in [1.54, 1.807) is 17.5 Å². The molecule has 5 rings (SSSR count). The number of carbonyl (C=O) groups is 2. The second kappa shape index (κ2) is 5.76. The maximum Gasteiger partial charge on any atom is 0.207 e. The Morgan fingerprint density at radius 1 is 0.929 bits per heavy atom. The van der Waals surface area contributed by atoms with E-state index in [1.165, 1.54) is 28.2 Å². The minimum absolute atomic E-state index is 0.158. The number of Topliss-reactive ketones (excluding diaryl/α,β-unsaturated/α-hetero) is 2. The van der Waals surface area contributed by atoms with Gasteiger partial charge in [-0.2, -0.15) is 0 Å². The Labute approximate surface area is 167 Å². The predicted octanol–water partition coefficient (Wildman–Crippen LogP) is 5.62. The lowest BCUT2D eigenvalue weighted by Gasteiger charge is -2.40. The van der Waals surface area contributed by atoms with E-state index < -0.39 is 0 Å². The number of anilines is 2. The molecule has 2 aliphatic rings. The summed E-state index contributed by atoms with van der Waals surface area (Å²) in [6, 6.07) is 16.4. The molecule has 0 amide bonds. The van der Waals surface area contributed by atoms with Crippen molar-refractivity contribution < 1.29 is 9.59 Å². The summed E-state index contributed by atoms with van der Waals surface area (Å²) in [5.41, 5.74) is 6.32. The largest absolute Gasteiger partial charge is 0.344 e. The van der Waals surface area contributed by atoms with Crippen LogP contribution in [0.2, 0.25) is 0 Å². The monoisotopic (exact) mass is 385 g/mol. The summed E-state index contributed by atoms with van der Waals surface area (Å²) >= 11 is 1.34. The topological polar surface area (TPSA) is 37.4 Å². The molecule has 0 bridgehead atoms. The molecule has 0 unspecified atom stereocenters. The van der Waals surface area contributed by atoms with Crippen LogP contribution in [0.5, 0.6) is 0 Å². The van der Waals surface area contributed by atoms with Crippen LogP contribution in [0.25, 0.3) is 6.08 Å². The molecule has 0 radical (unpaired) electrons. The molecule has 0 fully saturated rings. The van der Waals surface area contributed by atoms with E-state index in [2.05, 4.69) is 62.2 Å². The first-order chi connectivity index (χ1) is 13.4. The standard InChI is InChI=1S/C24H19NO2S/c1-24(2)17-6-4-5-7-19(17)25(3)20-9-8-14(13-18(20)24)12-16-21(26)15-10-11-28-23(15)22(16)27/h4-13H,1-3H3/b16-12+. The number of ketones is 2. The number of carbonyl (C=O) groups excluding carboxylic acids is 2. The summed E-state index contributed by atoms with van der Waals surface area (Å²) in [6.07, 6.45) is 1.74. The third kappa shape index (κ3) is 2.21. The van der Waals surface area contributed by atoms with Crippen LogP contribution in [-0.4, -0.2) is 18.6 Å². The maximum absolute atomic E-state index is 12.6. The fourth-order valence-corrected chi connectivity index (χ4v) is 5.18. The van der Waals surface area contributed by atoms with Crippen LogP contribution in [-0.2, 0) is 5.41 Å². The molecule has 1 aliphatic carbocycles. The van der Waals surface area contributed by atoms with Gasteiger partial charge in [0.15, 0.2) is 5.78 Å². The Bertz CT molecular complexity index is 1170. The van der Waals surface area contributed by atoms with Gasteiger partial charge in [0.2, 0.25) is 5.78 Å². The van der Waals surface area contributed by atoms with E-state index in [4.69, 9.17) is 0 Å². The van der Waals surface area contributed by atoms with Crippen LogP contribution in [0.1, 0.15) is 50.6 Å². The molecule has 0 saturated heterocycles. The van der Waals surface area contributed by atoms with Crippen LogP contribution in [0.4, 0.5) is 11.4 Å². The quantitative estimate of drug-likeness (QED) is 0.403. The molecule has 1 aliphatic heterocycles. The Morgan fingerprint density at radius 3 is 2.46 bits per heavy atom. The van der Waals surface area contributed by atoms with E-state index in [-0.39, 0.29) is 22.6 Å². The normalized spacial score (nSPS) is 18.2. The summed E-state index contributed by atoms with van der Waals surface area (Å²) in [5.74, 6) is -0.324. The van der Waals surface area contributed by atoms with Gasteiger partial charge in [0.05, 0.1) is 10.5 Å². The number of hydrogen-bond donors (Lipinski definition) is 0. The van der Waals surface area contributed by atoms with E-state index in [0.717, 1.165) is 11.3 Å². The fourth-order valence-electron chi connectivity index (χ4n) is 4.34. The van der Waals surface area contributed by atoms with Gasteiger partial charge in [-0.15, -0.1) is 11.3 Å². The van der Waals surface area contributed by atoms with E-state index in [9.17, 15) is 9.59 Å². The first kappa shape index (κ1) is 17.1. The van der Waals surface area contributed by atoms with Crippen molar-refractivity contribution in [3.63, 3.8) is 0 Å². The fraction of sp³-hybridized carbons (Fsp3) is 0.167. The van der Waals surface area contributed by atoms with Gasteiger partial charge in [-0.3, -0.25) is 9.59 Å². The zero-order chi connectivity index (χ0) is 19.6. The number of benzene rings is 2. The van der Waals surface area contributed by atoms with Gasteiger partial charge >= 0.3 is 0 Å². The molecule has 0 saturated carbocycles. The Balaban J connectivity index is 1.63. The number of rotatable bonds is 1. The molecular weight excluding hydrogens is 366 g/mol. The van der Waals surface area contributed by atoms with Gasteiger partial charge in [0.1, 0.15) is 0 Å². The number of allylic oxidation sites excluding steroid dienone is 1. The van der Waals surface area contributed by atoms with Crippen LogP contribution in [0.3, 0.4) is 0 Å². The van der Waals surface area contributed by atoms with Crippen molar-refractivity contribution in [1.82, 2.24) is 0 Å². The molecule has 0 atom stereocenters. The highest BCUT2D eigenvalue weighted by Crippen LogP contribution is 2.48. The average molecular weight is 385 g/mol. The molecule has 2 heterocycles. The molecule has 4 heteroatoms. The SMILES string of the molecule is CN1c2ccccc2C(C)(C)c2cc(/C=C3\C(=O)c4ccsc4C3=O)ccc21. The molecule has 2 aromatic carbocycles. The first-order valence-corrected chi connectivity index (χ1v) is 10.1. The minimum atomic E-state index is -0.171. The van der Waals surface area contributed by atoms with E-state index in [0.29, 0.717) is 10.4 Å². The number of thiophene rings is 1. The van der Waals surface area contributed by atoms with Gasteiger partial charge in [-0.25, -0.2) is 0 Å². The van der Waals surface area contributed by atoms with Crippen molar-refractivity contribution in [1.29, 1.82) is 0 Å².